The molecule has 1 aliphatic heterocycles. The molecule has 3 heterocycles. The summed E-state index contributed by atoms with van der Waals surface area (Å²) >= 11 is 0. The van der Waals surface area contributed by atoms with Gasteiger partial charge in [0.1, 0.15) is 11.9 Å². The van der Waals surface area contributed by atoms with Crippen LogP contribution in [0.15, 0.2) is 59.9 Å². The van der Waals surface area contributed by atoms with E-state index < -0.39 is 29.2 Å². The van der Waals surface area contributed by atoms with Crippen molar-refractivity contribution in [2.24, 2.45) is 0 Å². The van der Waals surface area contributed by atoms with Crippen molar-refractivity contribution >= 4 is 23.4 Å². The number of imidazole rings is 1. The molecular weight excluding hydrogens is 478 g/mol. The summed E-state index contributed by atoms with van der Waals surface area (Å²) in [6.07, 6.45) is 4.41. The Balaban J connectivity index is 1.49. The van der Waals surface area contributed by atoms with Gasteiger partial charge in [-0.25, -0.2) is 9.88 Å². The molecule has 1 aliphatic rings. The van der Waals surface area contributed by atoms with E-state index in [1.54, 1.807) is 51.3 Å². The number of nitrogens with zero attached hydrogens (tertiary/aromatic N) is 3. The third-order valence-corrected chi connectivity index (χ3v) is 6.18. The Kier molecular flexibility index (Phi) is 7.48. The largest absolute Gasteiger partial charge is 0.354 e. The monoisotopic (exact) mass is 507 g/mol. The van der Waals surface area contributed by atoms with Gasteiger partial charge in [-0.1, -0.05) is 12.1 Å². The fourth-order valence-electron chi connectivity index (χ4n) is 4.17. The third kappa shape index (κ3) is 5.74. The van der Waals surface area contributed by atoms with Gasteiger partial charge >= 0.3 is 0 Å². The standard InChI is InChI=1S/C26H29N5O6/c1-16(32)31(25(35)22-13-19(14-28-22)37-26(2,3)36-4)18-7-5-17(6-8-18)21-10-9-20(23(33)29-21)24(34)30-12-11-27-15-30/h5-12,15,19,22,28H,13-14H2,1-4H3,(H,29,33)/t19?,22-/m0/s1. The van der Waals surface area contributed by atoms with Crippen LogP contribution in [0, 0.1) is 0 Å². The van der Waals surface area contributed by atoms with E-state index >= 15 is 0 Å². The number of carbonyl (C=O) groups excluding carboxylic acids is 3. The lowest BCUT2D eigenvalue weighted by Gasteiger charge is -2.27. The summed E-state index contributed by atoms with van der Waals surface area (Å²) in [5, 5.41) is 3.13. The van der Waals surface area contributed by atoms with Crippen LogP contribution in [-0.4, -0.2) is 63.8 Å². The zero-order valence-corrected chi connectivity index (χ0v) is 21.1. The number of benzene rings is 1. The summed E-state index contributed by atoms with van der Waals surface area (Å²) in [7, 11) is 1.55. The number of aromatic amines is 1. The first-order chi connectivity index (χ1) is 17.6. The molecule has 1 fully saturated rings. The van der Waals surface area contributed by atoms with Crippen molar-refractivity contribution in [3.8, 4) is 11.3 Å². The molecule has 3 aromatic rings. The molecule has 11 nitrogen and oxygen atoms in total. The Morgan fingerprint density at radius 1 is 1.14 bits per heavy atom. The number of H-pyrrole nitrogens is 1. The highest BCUT2D eigenvalue weighted by atomic mass is 16.7. The van der Waals surface area contributed by atoms with Gasteiger partial charge in [-0.2, -0.15) is 0 Å². The van der Waals surface area contributed by atoms with Crippen LogP contribution in [0.5, 0.6) is 0 Å². The lowest BCUT2D eigenvalue weighted by molar-refractivity contribution is -0.219. The molecule has 37 heavy (non-hydrogen) atoms. The minimum Gasteiger partial charge on any atom is -0.354 e. The number of rotatable bonds is 7. The third-order valence-electron chi connectivity index (χ3n) is 6.18. The average Bonchev–Trinajstić information content (AvgIpc) is 3.56. The van der Waals surface area contributed by atoms with Crippen LogP contribution in [0.25, 0.3) is 11.3 Å². The number of anilines is 1. The van der Waals surface area contributed by atoms with E-state index in [0.29, 0.717) is 29.9 Å². The van der Waals surface area contributed by atoms with E-state index in [1.165, 1.54) is 36.3 Å². The Morgan fingerprint density at radius 2 is 1.86 bits per heavy atom. The molecule has 194 valence electrons. The zero-order valence-electron chi connectivity index (χ0n) is 21.1. The van der Waals surface area contributed by atoms with Crippen molar-refractivity contribution in [2.45, 2.75) is 45.1 Å². The first kappa shape index (κ1) is 26.1. The van der Waals surface area contributed by atoms with E-state index in [-0.39, 0.29) is 17.6 Å². The van der Waals surface area contributed by atoms with Gasteiger partial charge in [0.2, 0.25) is 5.91 Å². The van der Waals surface area contributed by atoms with Gasteiger partial charge in [0.05, 0.1) is 17.8 Å². The Hall–Kier alpha value is -3.93. The maximum atomic E-state index is 13.2. The molecule has 2 atom stereocenters. The number of hydrogen-bond acceptors (Lipinski definition) is 8. The van der Waals surface area contributed by atoms with Crippen molar-refractivity contribution in [1.29, 1.82) is 0 Å². The predicted octanol–water partition coefficient (Wildman–Crippen LogP) is 1.94. The molecule has 0 aliphatic carbocycles. The van der Waals surface area contributed by atoms with E-state index in [4.69, 9.17) is 9.47 Å². The average molecular weight is 508 g/mol. The second-order valence-electron chi connectivity index (χ2n) is 9.17. The number of amides is 2. The van der Waals surface area contributed by atoms with Crippen LogP contribution in [0.1, 0.15) is 37.6 Å². The van der Waals surface area contributed by atoms with Gasteiger partial charge in [-0.15, -0.1) is 0 Å². The molecule has 0 saturated carbocycles. The SMILES string of the molecule is COC(C)(C)OC1CN[C@H](C(=O)N(C(C)=O)c2ccc(-c3ccc(C(=O)n4ccnc4)c(=O)[nH]3)cc2)C1. The van der Waals surface area contributed by atoms with Gasteiger partial charge in [-0.3, -0.25) is 23.7 Å². The highest BCUT2D eigenvalue weighted by molar-refractivity contribution is 6.16. The summed E-state index contributed by atoms with van der Waals surface area (Å²) in [6, 6.07) is 9.14. The second-order valence-corrected chi connectivity index (χ2v) is 9.17. The van der Waals surface area contributed by atoms with E-state index in [0.717, 1.165) is 4.90 Å². The highest BCUT2D eigenvalue weighted by Gasteiger charge is 2.37. The lowest BCUT2D eigenvalue weighted by atomic mass is 10.1. The summed E-state index contributed by atoms with van der Waals surface area (Å²) in [5.74, 6) is -2.07. The number of pyridine rings is 1. The van der Waals surface area contributed by atoms with Crippen molar-refractivity contribution in [3.05, 3.63) is 71.0 Å². The fraction of sp³-hybridized carbons (Fsp3) is 0.346. The van der Waals surface area contributed by atoms with Crippen LogP contribution in [0.4, 0.5) is 5.69 Å². The van der Waals surface area contributed by atoms with Crippen molar-refractivity contribution in [1.82, 2.24) is 19.9 Å². The summed E-state index contributed by atoms with van der Waals surface area (Å²) in [5.41, 5.74) is 0.970. The van der Waals surface area contributed by atoms with Gasteiger partial charge in [0.25, 0.3) is 17.4 Å². The molecule has 1 saturated heterocycles. The molecule has 0 radical (unpaired) electrons. The molecule has 4 rings (SSSR count). The van der Waals surface area contributed by atoms with Gasteiger partial charge in [0.15, 0.2) is 5.79 Å². The number of ether oxygens (including phenoxy) is 2. The minimum absolute atomic E-state index is 0.0213. The Bertz CT molecular complexity index is 1350. The van der Waals surface area contributed by atoms with E-state index in [2.05, 4.69) is 15.3 Å². The van der Waals surface area contributed by atoms with Crippen molar-refractivity contribution < 1.29 is 23.9 Å². The summed E-state index contributed by atoms with van der Waals surface area (Å²) in [4.78, 5) is 58.3. The van der Waals surface area contributed by atoms with E-state index in [9.17, 15) is 19.2 Å². The smallest absolute Gasteiger partial charge is 0.268 e. The van der Waals surface area contributed by atoms with Crippen LogP contribution >= 0.6 is 0 Å². The lowest BCUT2D eigenvalue weighted by Crippen LogP contribution is -2.46. The molecular formula is C26H29N5O6. The molecule has 2 aromatic heterocycles. The number of nitrogens with one attached hydrogen (secondary N) is 2. The van der Waals surface area contributed by atoms with E-state index in [1.807, 2.05) is 0 Å². The number of carbonyl (C=O) groups is 3. The summed E-state index contributed by atoms with van der Waals surface area (Å²) in [6.45, 7) is 5.38. The number of methoxy groups -OCH3 is 1. The van der Waals surface area contributed by atoms with Crippen molar-refractivity contribution in [3.63, 3.8) is 0 Å². The number of aromatic nitrogens is 3. The topological polar surface area (TPSA) is 136 Å². The molecule has 2 amide bonds. The number of hydrogen-bond donors (Lipinski definition) is 2. The van der Waals surface area contributed by atoms with Gasteiger partial charge in [0, 0.05) is 38.7 Å². The van der Waals surface area contributed by atoms with Crippen LogP contribution < -0.4 is 15.8 Å². The second kappa shape index (κ2) is 10.6. The minimum atomic E-state index is -0.785. The van der Waals surface area contributed by atoms with Crippen LogP contribution in [0.2, 0.25) is 0 Å². The van der Waals surface area contributed by atoms with Crippen molar-refractivity contribution in [2.75, 3.05) is 18.6 Å². The predicted molar refractivity (Wildman–Crippen MR) is 135 cm³/mol. The first-order valence-corrected chi connectivity index (χ1v) is 11.8. The number of imide groups is 1. The van der Waals surface area contributed by atoms with Crippen LogP contribution in [0.3, 0.4) is 0 Å². The first-order valence-electron chi connectivity index (χ1n) is 11.8. The molecule has 11 heteroatoms. The molecule has 0 spiro atoms. The normalized spacial score (nSPS) is 17.5. The fourth-order valence-corrected chi connectivity index (χ4v) is 4.17. The summed E-state index contributed by atoms with van der Waals surface area (Å²) < 4.78 is 12.4. The van der Waals surface area contributed by atoms with Crippen LogP contribution in [-0.2, 0) is 19.1 Å². The molecule has 1 aromatic carbocycles. The maximum absolute atomic E-state index is 13.2. The highest BCUT2D eigenvalue weighted by Crippen LogP contribution is 2.25. The Labute approximate surface area is 213 Å². The molecule has 0 bridgehead atoms. The van der Waals surface area contributed by atoms with Gasteiger partial charge < -0.3 is 19.8 Å². The van der Waals surface area contributed by atoms with Gasteiger partial charge in [-0.05, 0) is 50.1 Å². The zero-order chi connectivity index (χ0) is 26.7. The maximum Gasteiger partial charge on any atom is 0.268 e. The molecule has 1 unspecified atom stereocenters. The quantitative estimate of drug-likeness (QED) is 0.463. The molecule has 2 N–H and O–H groups in total. The Morgan fingerprint density at radius 3 is 2.46 bits per heavy atom.